The largest absolute Gasteiger partial charge is 0.490 e. The van der Waals surface area contributed by atoms with Crippen LogP contribution in [-0.2, 0) is 9.59 Å². The van der Waals surface area contributed by atoms with E-state index < -0.39 is 11.9 Å². The summed E-state index contributed by atoms with van der Waals surface area (Å²) in [6.07, 6.45) is 12.0. The van der Waals surface area contributed by atoms with Gasteiger partial charge in [-0.3, -0.25) is 9.59 Å². The monoisotopic (exact) mass is 451 g/mol. The summed E-state index contributed by atoms with van der Waals surface area (Å²) in [5.74, 6) is -0.151. The number of aliphatic carboxylic acids is 2. The average Bonchev–Trinajstić information content (AvgIpc) is 2.74. The fourth-order valence-electron chi connectivity index (χ4n) is 3.39. The molecule has 0 unspecified atom stereocenters. The smallest absolute Gasteiger partial charge is 0.303 e. The zero-order chi connectivity index (χ0) is 23.6. The molecule has 0 radical (unpaired) electrons. The first kappa shape index (κ1) is 27.6. The van der Waals surface area contributed by atoms with Crippen LogP contribution in [0.4, 0.5) is 5.69 Å². The van der Waals surface area contributed by atoms with Gasteiger partial charge in [-0.05, 0) is 31.4 Å². The third-order valence-corrected chi connectivity index (χ3v) is 5.28. The Balaban J connectivity index is 2.20. The first-order valence-corrected chi connectivity index (χ1v) is 11.9. The molecule has 1 aromatic rings. The van der Waals surface area contributed by atoms with Gasteiger partial charge in [0.1, 0.15) is 0 Å². The van der Waals surface area contributed by atoms with Crippen molar-refractivity contribution in [2.75, 3.05) is 32.2 Å². The van der Waals surface area contributed by atoms with Gasteiger partial charge < -0.3 is 24.6 Å². The lowest BCUT2D eigenvalue weighted by Crippen LogP contribution is -2.10. The number of nitrogens with zero attached hydrogens (tertiary/aromatic N) is 1. The topological polar surface area (TPSA) is 96.3 Å². The summed E-state index contributed by atoms with van der Waals surface area (Å²) >= 11 is 0. The van der Waals surface area contributed by atoms with E-state index in [1.54, 1.807) is 0 Å². The lowest BCUT2D eigenvalue weighted by molar-refractivity contribution is -0.138. The number of unbranched alkanes of at least 4 members (excludes halogenated alkanes) is 9. The molecule has 7 heteroatoms. The fourth-order valence-corrected chi connectivity index (χ4v) is 3.39. The minimum Gasteiger partial charge on any atom is -0.490 e. The Morgan fingerprint density at radius 2 is 1.16 bits per heavy atom. The zero-order valence-electron chi connectivity index (χ0n) is 19.8. The number of hydrogen-bond acceptors (Lipinski definition) is 5. The normalized spacial score (nSPS) is 10.7. The summed E-state index contributed by atoms with van der Waals surface area (Å²) < 4.78 is 11.8. The Hall–Kier alpha value is -2.44. The Bertz CT molecular complexity index is 662. The van der Waals surface area contributed by atoms with Crippen LogP contribution in [0.1, 0.15) is 83.5 Å². The number of ether oxygens (including phenoxy) is 2. The maximum absolute atomic E-state index is 10.7. The quantitative estimate of drug-likeness (QED) is 0.244. The van der Waals surface area contributed by atoms with Gasteiger partial charge in [0, 0.05) is 38.7 Å². The van der Waals surface area contributed by atoms with Crippen molar-refractivity contribution in [3.8, 4) is 11.5 Å². The fraction of sp³-hybridized carbons (Fsp3) is 0.680. The molecule has 7 nitrogen and oxygen atoms in total. The summed E-state index contributed by atoms with van der Waals surface area (Å²) in [5.41, 5.74) is 1.03. The molecule has 0 aliphatic heterocycles. The Morgan fingerprint density at radius 1 is 0.688 bits per heavy atom. The number of hydrogen-bond donors (Lipinski definition) is 2. The summed E-state index contributed by atoms with van der Waals surface area (Å²) in [5, 5.41) is 17.4. The molecule has 0 saturated heterocycles. The van der Waals surface area contributed by atoms with Crippen LogP contribution in [0.2, 0.25) is 0 Å². The minimum atomic E-state index is -0.816. The van der Waals surface area contributed by atoms with Crippen LogP contribution in [0.5, 0.6) is 11.5 Å². The lowest BCUT2D eigenvalue weighted by atomic mass is 10.1. The molecule has 182 valence electrons. The van der Waals surface area contributed by atoms with Gasteiger partial charge in [0.15, 0.2) is 11.5 Å². The molecule has 1 rings (SSSR count). The van der Waals surface area contributed by atoms with E-state index in [2.05, 4.69) is 0 Å². The third-order valence-electron chi connectivity index (χ3n) is 5.28. The molecule has 0 aliphatic rings. The summed E-state index contributed by atoms with van der Waals surface area (Å²) in [6, 6.07) is 5.81. The number of rotatable bonds is 20. The maximum atomic E-state index is 10.7. The van der Waals surface area contributed by atoms with Crippen LogP contribution in [0, 0.1) is 0 Å². The second-order valence-electron chi connectivity index (χ2n) is 8.40. The molecule has 0 fully saturated rings. The second-order valence-corrected chi connectivity index (χ2v) is 8.40. The van der Waals surface area contributed by atoms with E-state index in [-0.39, 0.29) is 6.42 Å². The number of anilines is 1. The molecule has 2 N–H and O–H groups in total. The van der Waals surface area contributed by atoms with Crippen molar-refractivity contribution in [2.24, 2.45) is 0 Å². The molecule has 0 bridgehead atoms. The van der Waals surface area contributed by atoms with E-state index in [0.29, 0.717) is 37.6 Å². The van der Waals surface area contributed by atoms with Crippen LogP contribution < -0.4 is 14.4 Å². The molecule has 0 saturated carbocycles. The first-order chi connectivity index (χ1) is 15.4. The highest BCUT2D eigenvalue weighted by atomic mass is 16.5. The van der Waals surface area contributed by atoms with Crippen molar-refractivity contribution in [3.05, 3.63) is 18.2 Å². The summed E-state index contributed by atoms with van der Waals surface area (Å²) in [4.78, 5) is 23.1. The minimum absolute atomic E-state index is 0.0939. The Labute approximate surface area is 192 Å². The molecule has 1 aromatic carbocycles. The highest BCUT2D eigenvalue weighted by Crippen LogP contribution is 2.32. The van der Waals surface area contributed by atoms with Crippen LogP contribution in [0.15, 0.2) is 18.2 Å². The van der Waals surface area contributed by atoms with Gasteiger partial charge in [0.05, 0.1) is 13.2 Å². The predicted octanol–water partition coefficient (Wildman–Crippen LogP) is 5.75. The standard InChI is InChI=1S/C25H41NO6/c1-26(2)21-16-17-22(31-19-13-15-25(29)30)23(20-21)32-18-12-10-8-6-4-3-5-7-9-11-14-24(27)28/h16-17,20H,3-15,18-19H2,1-2H3,(H,27,28)(H,29,30). The van der Waals surface area contributed by atoms with Gasteiger partial charge in [0.25, 0.3) is 0 Å². The van der Waals surface area contributed by atoms with Gasteiger partial charge in [-0.2, -0.15) is 0 Å². The molecule has 0 atom stereocenters. The van der Waals surface area contributed by atoms with Gasteiger partial charge in [-0.1, -0.05) is 51.4 Å². The van der Waals surface area contributed by atoms with Crippen LogP contribution in [0.25, 0.3) is 0 Å². The SMILES string of the molecule is CN(C)c1ccc(OCCCC(=O)O)c(OCCCCCCCCCCCCC(=O)O)c1. The maximum Gasteiger partial charge on any atom is 0.303 e. The van der Waals surface area contributed by atoms with E-state index in [1.807, 2.05) is 37.2 Å². The summed E-state index contributed by atoms with van der Waals surface area (Å²) in [6.45, 7) is 0.982. The van der Waals surface area contributed by atoms with Crippen molar-refractivity contribution < 1.29 is 29.3 Å². The van der Waals surface area contributed by atoms with Crippen LogP contribution >= 0.6 is 0 Å². The first-order valence-electron chi connectivity index (χ1n) is 11.9. The van der Waals surface area contributed by atoms with Crippen molar-refractivity contribution in [1.29, 1.82) is 0 Å². The van der Waals surface area contributed by atoms with E-state index in [0.717, 1.165) is 37.8 Å². The summed E-state index contributed by atoms with van der Waals surface area (Å²) in [7, 11) is 3.95. The predicted molar refractivity (Wildman–Crippen MR) is 127 cm³/mol. The molecular weight excluding hydrogens is 410 g/mol. The molecule has 0 heterocycles. The highest BCUT2D eigenvalue weighted by molar-refractivity contribution is 5.66. The number of carboxylic acids is 2. The second kappa shape index (κ2) is 17.2. The van der Waals surface area contributed by atoms with E-state index in [4.69, 9.17) is 19.7 Å². The molecule has 32 heavy (non-hydrogen) atoms. The molecule has 0 aliphatic carbocycles. The van der Waals surface area contributed by atoms with Crippen molar-refractivity contribution >= 4 is 17.6 Å². The van der Waals surface area contributed by atoms with Crippen molar-refractivity contribution in [2.45, 2.75) is 83.5 Å². The third kappa shape index (κ3) is 13.8. The van der Waals surface area contributed by atoms with E-state index in [9.17, 15) is 9.59 Å². The Kier molecular flexibility index (Phi) is 14.8. The van der Waals surface area contributed by atoms with Gasteiger partial charge >= 0.3 is 11.9 Å². The van der Waals surface area contributed by atoms with Gasteiger partial charge in [-0.25, -0.2) is 0 Å². The Morgan fingerprint density at radius 3 is 1.72 bits per heavy atom. The molecule has 0 amide bonds. The van der Waals surface area contributed by atoms with Crippen molar-refractivity contribution in [1.82, 2.24) is 0 Å². The molecular formula is C25H41NO6. The number of carboxylic acid groups (broad SMARTS) is 2. The zero-order valence-corrected chi connectivity index (χ0v) is 19.8. The van der Waals surface area contributed by atoms with Gasteiger partial charge in [0.2, 0.25) is 0 Å². The number of benzene rings is 1. The van der Waals surface area contributed by atoms with E-state index in [1.165, 1.54) is 32.1 Å². The highest BCUT2D eigenvalue weighted by Gasteiger charge is 2.09. The van der Waals surface area contributed by atoms with E-state index >= 15 is 0 Å². The van der Waals surface area contributed by atoms with Crippen molar-refractivity contribution in [3.63, 3.8) is 0 Å². The van der Waals surface area contributed by atoms with Crippen LogP contribution in [0.3, 0.4) is 0 Å². The van der Waals surface area contributed by atoms with Crippen LogP contribution in [-0.4, -0.2) is 49.5 Å². The molecule has 0 spiro atoms. The number of carbonyl (C=O) groups is 2. The van der Waals surface area contributed by atoms with Gasteiger partial charge in [-0.15, -0.1) is 0 Å². The molecule has 0 aromatic heterocycles. The lowest BCUT2D eigenvalue weighted by Gasteiger charge is -2.17. The average molecular weight is 452 g/mol.